The van der Waals surface area contributed by atoms with Gasteiger partial charge in [0.25, 0.3) is 5.56 Å². The lowest BCUT2D eigenvalue weighted by Crippen LogP contribution is -2.25. The van der Waals surface area contributed by atoms with E-state index < -0.39 is 6.10 Å². The van der Waals surface area contributed by atoms with E-state index in [0.29, 0.717) is 21.8 Å². The molecule has 0 saturated heterocycles. The third-order valence-electron chi connectivity index (χ3n) is 3.61. The average Bonchev–Trinajstić information content (AvgIpc) is 2.58. The number of aromatic nitrogens is 2. The summed E-state index contributed by atoms with van der Waals surface area (Å²) >= 11 is 5.83. The van der Waals surface area contributed by atoms with Crippen molar-refractivity contribution in [1.29, 1.82) is 0 Å². The molecule has 2 aromatic carbocycles. The van der Waals surface area contributed by atoms with Crippen molar-refractivity contribution in [3.8, 4) is 11.3 Å². The monoisotopic (exact) mass is 344 g/mol. The maximum absolute atomic E-state index is 13.0. The summed E-state index contributed by atoms with van der Waals surface area (Å²) in [7, 11) is 0. The Labute approximate surface area is 142 Å². The van der Waals surface area contributed by atoms with Crippen molar-refractivity contribution in [1.82, 2.24) is 9.78 Å². The Kier molecular flexibility index (Phi) is 4.74. The number of hydrogen-bond donors (Lipinski definition) is 1. The highest BCUT2D eigenvalue weighted by Gasteiger charge is 2.11. The van der Waals surface area contributed by atoms with Gasteiger partial charge in [-0.1, -0.05) is 23.7 Å². The number of aliphatic hydroxyl groups is 1. The number of rotatable bonds is 4. The number of halogens is 2. The molecule has 1 aromatic heterocycles. The summed E-state index contributed by atoms with van der Waals surface area (Å²) in [6.45, 7) is 0.00942. The zero-order valence-corrected chi connectivity index (χ0v) is 13.3. The average molecular weight is 345 g/mol. The van der Waals surface area contributed by atoms with E-state index in [1.54, 1.807) is 42.5 Å². The number of nitrogens with zero attached hydrogens (tertiary/aromatic N) is 2. The van der Waals surface area contributed by atoms with Gasteiger partial charge in [0.15, 0.2) is 0 Å². The van der Waals surface area contributed by atoms with Gasteiger partial charge >= 0.3 is 0 Å². The van der Waals surface area contributed by atoms with Crippen LogP contribution >= 0.6 is 11.6 Å². The lowest BCUT2D eigenvalue weighted by atomic mass is 10.1. The van der Waals surface area contributed by atoms with E-state index in [1.807, 2.05) is 0 Å². The Morgan fingerprint density at radius 2 is 1.71 bits per heavy atom. The molecule has 0 amide bonds. The van der Waals surface area contributed by atoms with Gasteiger partial charge in [-0.25, -0.2) is 9.07 Å². The van der Waals surface area contributed by atoms with Crippen LogP contribution in [-0.4, -0.2) is 14.9 Å². The van der Waals surface area contributed by atoms with Crippen molar-refractivity contribution in [2.24, 2.45) is 0 Å². The Morgan fingerprint density at radius 3 is 2.38 bits per heavy atom. The van der Waals surface area contributed by atoms with Crippen LogP contribution in [0.1, 0.15) is 11.7 Å². The number of hydrogen-bond acceptors (Lipinski definition) is 3. The van der Waals surface area contributed by atoms with Crippen LogP contribution < -0.4 is 5.56 Å². The molecule has 24 heavy (non-hydrogen) atoms. The standard InChI is InChI=1S/C18H14ClFN2O2/c19-14-5-1-13(2-6-14)17(23)11-22-18(24)10-9-16(21-22)12-3-7-15(20)8-4-12/h1-10,17,23H,11H2/t17-/m0/s1. The molecule has 1 atom stereocenters. The van der Waals surface area contributed by atoms with Crippen molar-refractivity contribution in [3.05, 3.63) is 87.4 Å². The largest absolute Gasteiger partial charge is 0.386 e. The highest BCUT2D eigenvalue weighted by molar-refractivity contribution is 6.30. The second kappa shape index (κ2) is 6.95. The fourth-order valence-electron chi connectivity index (χ4n) is 2.31. The molecule has 0 fully saturated rings. The minimum absolute atomic E-state index is 0.00942. The summed E-state index contributed by atoms with van der Waals surface area (Å²) in [6.07, 6.45) is -0.893. The predicted octanol–water partition coefficient (Wildman–Crippen LogP) is 3.44. The molecule has 3 aromatic rings. The topological polar surface area (TPSA) is 55.1 Å². The van der Waals surface area contributed by atoms with Crippen LogP contribution in [0.5, 0.6) is 0 Å². The van der Waals surface area contributed by atoms with E-state index in [0.717, 1.165) is 0 Å². The van der Waals surface area contributed by atoms with E-state index >= 15 is 0 Å². The smallest absolute Gasteiger partial charge is 0.266 e. The van der Waals surface area contributed by atoms with Gasteiger partial charge in [-0.3, -0.25) is 4.79 Å². The van der Waals surface area contributed by atoms with Crippen molar-refractivity contribution in [2.75, 3.05) is 0 Å². The minimum atomic E-state index is -0.893. The predicted molar refractivity (Wildman–Crippen MR) is 90.3 cm³/mol. The van der Waals surface area contributed by atoms with E-state index in [-0.39, 0.29) is 17.9 Å². The molecule has 0 unspecified atom stereocenters. The highest BCUT2D eigenvalue weighted by atomic mass is 35.5. The molecule has 0 aliphatic rings. The zero-order valence-electron chi connectivity index (χ0n) is 12.6. The second-order valence-electron chi connectivity index (χ2n) is 5.31. The summed E-state index contributed by atoms with van der Waals surface area (Å²) in [4.78, 5) is 12.0. The van der Waals surface area contributed by atoms with Gasteiger partial charge in [-0.05, 0) is 48.0 Å². The molecule has 122 valence electrons. The maximum atomic E-state index is 13.0. The van der Waals surface area contributed by atoms with Gasteiger partial charge in [0.2, 0.25) is 0 Å². The molecule has 6 heteroatoms. The SMILES string of the molecule is O=c1ccc(-c2ccc(F)cc2)nn1C[C@H](O)c1ccc(Cl)cc1. The molecule has 0 bridgehead atoms. The Balaban J connectivity index is 1.87. The number of benzene rings is 2. The Hall–Kier alpha value is -2.50. The van der Waals surface area contributed by atoms with Gasteiger partial charge in [0.1, 0.15) is 5.82 Å². The van der Waals surface area contributed by atoms with Gasteiger partial charge in [0, 0.05) is 16.7 Å². The molecule has 0 spiro atoms. The lowest BCUT2D eigenvalue weighted by Gasteiger charge is -2.13. The summed E-state index contributed by atoms with van der Waals surface area (Å²) in [5, 5.41) is 15.1. The van der Waals surface area contributed by atoms with E-state index in [1.165, 1.54) is 22.9 Å². The molecular formula is C18H14ClFN2O2. The van der Waals surface area contributed by atoms with Crippen LogP contribution in [0, 0.1) is 5.82 Å². The molecular weight excluding hydrogens is 331 g/mol. The Morgan fingerprint density at radius 1 is 1.04 bits per heavy atom. The van der Waals surface area contributed by atoms with Crippen LogP contribution in [0.2, 0.25) is 5.02 Å². The maximum Gasteiger partial charge on any atom is 0.266 e. The van der Waals surface area contributed by atoms with Crippen molar-refractivity contribution < 1.29 is 9.50 Å². The summed E-state index contributed by atoms with van der Waals surface area (Å²) in [5.74, 6) is -0.342. The molecule has 1 N–H and O–H groups in total. The Bertz CT molecular complexity index is 892. The van der Waals surface area contributed by atoms with Gasteiger partial charge in [-0.2, -0.15) is 5.10 Å². The molecule has 0 aliphatic carbocycles. The minimum Gasteiger partial charge on any atom is -0.386 e. The first-order valence-electron chi connectivity index (χ1n) is 7.30. The molecule has 0 saturated carbocycles. The third kappa shape index (κ3) is 3.69. The first-order valence-corrected chi connectivity index (χ1v) is 7.68. The first-order chi connectivity index (χ1) is 11.5. The van der Waals surface area contributed by atoms with Crippen LogP contribution in [0.4, 0.5) is 4.39 Å². The summed E-state index contributed by atoms with van der Waals surface area (Å²) in [6, 6.07) is 15.5. The van der Waals surface area contributed by atoms with E-state index in [2.05, 4.69) is 5.10 Å². The van der Waals surface area contributed by atoms with Crippen LogP contribution in [-0.2, 0) is 6.54 Å². The van der Waals surface area contributed by atoms with Gasteiger partial charge < -0.3 is 5.11 Å². The quantitative estimate of drug-likeness (QED) is 0.788. The van der Waals surface area contributed by atoms with Crippen molar-refractivity contribution in [3.63, 3.8) is 0 Å². The van der Waals surface area contributed by atoms with E-state index in [9.17, 15) is 14.3 Å². The van der Waals surface area contributed by atoms with Crippen molar-refractivity contribution >= 4 is 11.6 Å². The molecule has 1 heterocycles. The normalized spacial score (nSPS) is 12.1. The zero-order chi connectivity index (χ0) is 17.1. The summed E-state index contributed by atoms with van der Waals surface area (Å²) < 4.78 is 14.2. The van der Waals surface area contributed by atoms with Crippen LogP contribution in [0.15, 0.2) is 65.5 Å². The van der Waals surface area contributed by atoms with Crippen LogP contribution in [0.25, 0.3) is 11.3 Å². The highest BCUT2D eigenvalue weighted by Crippen LogP contribution is 2.19. The fourth-order valence-corrected chi connectivity index (χ4v) is 2.43. The molecule has 3 rings (SSSR count). The van der Waals surface area contributed by atoms with Gasteiger partial charge in [-0.15, -0.1) is 0 Å². The molecule has 0 radical (unpaired) electrons. The van der Waals surface area contributed by atoms with Crippen molar-refractivity contribution in [2.45, 2.75) is 12.6 Å². The molecule has 4 nitrogen and oxygen atoms in total. The van der Waals surface area contributed by atoms with Gasteiger partial charge in [0.05, 0.1) is 18.3 Å². The fraction of sp³-hybridized carbons (Fsp3) is 0.111. The number of aliphatic hydroxyl groups excluding tert-OH is 1. The van der Waals surface area contributed by atoms with Crippen LogP contribution in [0.3, 0.4) is 0 Å². The first kappa shape index (κ1) is 16.4. The summed E-state index contributed by atoms with van der Waals surface area (Å²) in [5.41, 5.74) is 1.53. The third-order valence-corrected chi connectivity index (χ3v) is 3.86. The van der Waals surface area contributed by atoms with E-state index in [4.69, 9.17) is 11.6 Å². The second-order valence-corrected chi connectivity index (χ2v) is 5.75. The lowest BCUT2D eigenvalue weighted by molar-refractivity contribution is 0.149. The molecule has 0 aliphatic heterocycles.